The molecule has 2 heterocycles. The Balaban J connectivity index is 2.00. The average Bonchev–Trinajstić information content (AvgIpc) is 2.74. The molecule has 0 atom stereocenters. The molecule has 8 nitrogen and oxygen atoms in total. The average molecular weight is 426 g/mol. The fourth-order valence-corrected chi connectivity index (χ4v) is 3.99. The van der Waals surface area contributed by atoms with E-state index in [4.69, 9.17) is 4.74 Å². The summed E-state index contributed by atoms with van der Waals surface area (Å²) >= 11 is 0. The third kappa shape index (κ3) is 4.46. The number of rotatable bonds is 7. The number of ketones is 1. The van der Waals surface area contributed by atoms with Crippen molar-refractivity contribution in [2.45, 2.75) is 25.7 Å². The summed E-state index contributed by atoms with van der Waals surface area (Å²) in [6, 6.07) is 9.69. The molecule has 3 aromatic rings. The first kappa shape index (κ1) is 21.4. The van der Waals surface area contributed by atoms with Crippen LogP contribution in [-0.2, 0) is 10.0 Å². The molecule has 0 saturated heterocycles. The number of pyridine rings is 1. The fourth-order valence-electron chi connectivity index (χ4n) is 2.80. The normalized spacial score (nSPS) is 11.4. The van der Waals surface area contributed by atoms with Gasteiger partial charge in [0.15, 0.2) is 5.78 Å². The van der Waals surface area contributed by atoms with E-state index in [0.717, 1.165) is 0 Å². The van der Waals surface area contributed by atoms with Crippen molar-refractivity contribution in [1.82, 2.24) is 15.0 Å². The van der Waals surface area contributed by atoms with Crippen LogP contribution in [-0.4, -0.2) is 36.3 Å². The second kappa shape index (κ2) is 8.58. The summed E-state index contributed by atoms with van der Waals surface area (Å²) in [7, 11) is -2.65. The highest BCUT2D eigenvalue weighted by molar-refractivity contribution is 7.92. The first-order valence-corrected chi connectivity index (χ1v) is 10.7. The molecule has 2 aromatic heterocycles. The lowest BCUT2D eigenvalue weighted by Crippen LogP contribution is -2.16. The molecule has 0 amide bonds. The minimum absolute atomic E-state index is 0.0159. The largest absolute Gasteiger partial charge is 0.478 e. The van der Waals surface area contributed by atoms with Gasteiger partial charge in [0.05, 0.1) is 24.7 Å². The van der Waals surface area contributed by atoms with Crippen molar-refractivity contribution in [2.24, 2.45) is 5.92 Å². The molecule has 0 unspecified atom stereocenters. The van der Waals surface area contributed by atoms with Gasteiger partial charge in [-0.1, -0.05) is 38.1 Å². The Morgan fingerprint density at radius 2 is 1.80 bits per heavy atom. The molecule has 0 aliphatic heterocycles. The Labute approximate surface area is 175 Å². The number of benzene rings is 1. The van der Waals surface area contributed by atoms with E-state index < -0.39 is 10.0 Å². The Morgan fingerprint density at radius 1 is 1.10 bits per heavy atom. The summed E-state index contributed by atoms with van der Waals surface area (Å²) in [6.45, 7) is 5.38. The van der Waals surface area contributed by atoms with E-state index in [-0.39, 0.29) is 34.0 Å². The van der Waals surface area contributed by atoms with Crippen molar-refractivity contribution in [3.63, 3.8) is 0 Å². The first-order valence-electron chi connectivity index (χ1n) is 9.23. The Kier molecular flexibility index (Phi) is 6.12. The SMILES string of the molecule is COc1nc(C)cnc1NS(=O)(=O)c1cccnc1-c1ccc(C(=O)C(C)C)cc1. The van der Waals surface area contributed by atoms with Crippen LogP contribution in [0.1, 0.15) is 29.9 Å². The molecular weight excluding hydrogens is 404 g/mol. The van der Waals surface area contributed by atoms with E-state index in [0.29, 0.717) is 16.8 Å². The lowest BCUT2D eigenvalue weighted by Gasteiger charge is -2.13. The molecule has 30 heavy (non-hydrogen) atoms. The molecule has 9 heteroatoms. The third-order valence-electron chi connectivity index (χ3n) is 4.31. The van der Waals surface area contributed by atoms with E-state index in [9.17, 15) is 13.2 Å². The number of hydrogen-bond acceptors (Lipinski definition) is 7. The van der Waals surface area contributed by atoms with Crippen LogP contribution >= 0.6 is 0 Å². The number of Topliss-reactive ketones (excluding diaryl/α,β-unsaturated/α-hetero) is 1. The maximum absolute atomic E-state index is 13.1. The van der Waals surface area contributed by atoms with E-state index in [1.807, 2.05) is 13.8 Å². The number of nitrogens with one attached hydrogen (secondary N) is 1. The monoisotopic (exact) mass is 426 g/mol. The van der Waals surface area contributed by atoms with Crippen LogP contribution in [0.15, 0.2) is 53.7 Å². The van der Waals surface area contributed by atoms with Crippen LogP contribution in [0.3, 0.4) is 0 Å². The van der Waals surface area contributed by atoms with Crippen molar-refractivity contribution >= 4 is 21.6 Å². The maximum atomic E-state index is 13.1. The highest BCUT2D eigenvalue weighted by Gasteiger charge is 2.23. The Hall–Kier alpha value is -3.33. The van der Waals surface area contributed by atoms with Gasteiger partial charge in [-0.25, -0.2) is 18.4 Å². The molecular formula is C21H22N4O4S. The van der Waals surface area contributed by atoms with Crippen molar-refractivity contribution in [1.29, 1.82) is 0 Å². The van der Waals surface area contributed by atoms with Gasteiger partial charge in [-0.15, -0.1) is 0 Å². The third-order valence-corrected chi connectivity index (χ3v) is 5.68. The minimum Gasteiger partial charge on any atom is -0.478 e. The summed E-state index contributed by atoms with van der Waals surface area (Å²) in [6.07, 6.45) is 2.95. The molecule has 0 saturated carbocycles. The van der Waals surface area contributed by atoms with Crippen LogP contribution in [0.25, 0.3) is 11.3 Å². The van der Waals surface area contributed by atoms with E-state index >= 15 is 0 Å². The number of sulfonamides is 1. The van der Waals surface area contributed by atoms with Gasteiger partial charge in [-0.3, -0.25) is 14.5 Å². The van der Waals surface area contributed by atoms with Crippen LogP contribution in [0, 0.1) is 12.8 Å². The highest BCUT2D eigenvalue weighted by atomic mass is 32.2. The summed E-state index contributed by atoms with van der Waals surface area (Å²) < 4.78 is 33.7. The van der Waals surface area contributed by atoms with Gasteiger partial charge in [-0.05, 0) is 19.1 Å². The Morgan fingerprint density at radius 3 is 2.43 bits per heavy atom. The lowest BCUT2D eigenvalue weighted by molar-refractivity contribution is 0.0939. The van der Waals surface area contributed by atoms with Crippen molar-refractivity contribution < 1.29 is 17.9 Å². The quantitative estimate of drug-likeness (QED) is 0.576. The molecule has 0 aliphatic carbocycles. The van der Waals surface area contributed by atoms with Crippen molar-refractivity contribution in [3.8, 4) is 17.1 Å². The maximum Gasteiger partial charge on any atom is 0.265 e. The minimum atomic E-state index is -4.04. The molecule has 1 N–H and O–H groups in total. The number of methoxy groups -OCH3 is 1. The van der Waals surface area contributed by atoms with E-state index in [2.05, 4.69) is 19.7 Å². The van der Waals surface area contributed by atoms with Gasteiger partial charge in [0, 0.05) is 23.2 Å². The first-order chi connectivity index (χ1) is 14.2. The molecule has 0 fully saturated rings. The van der Waals surface area contributed by atoms with Crippen LogP contribution in [0.2, 0.25) is 0 Å². The zero-order valence-corrected chi connectivity index (χ0v) is 17.9. The summed E-state index contributed by atoms with van der Waals surface area (Å²) in [5.74, 6) is -0.0603. The molecule has 0 aliphatic rings. The molecule has 3 rings (SSSR count). The fraction of sp³-hybridized carbons (Fsp3) is 0.238. The van der Waals surface area contributed by atoms with Gasteiger partial charge >= 0.3 is 0 Å². The van der Waals surface area contributed by atoms with Crippen molar-refractivity contribution in [3.05, 3.63) is 60.0 Å². The predicted molar refractivity (Wildman–Crippen MR) is 113 cm³/mol. The number of carbonyl (C=O) groups is 1. The smallest absolute Gasteiger partial charge is 0.265 e. The standard InChI is InChI=1S/C21H22N4O4S/c1-13(2)19(26)16-9-7-15(8-10-16)18-17(6-5-11-22-18)30(27,28)25-20-21(29-4)24-14(3)12-23-20/h5-13H,1-4H3,(H,23,25). The van der Waals surface area contributed by atoms with Crippen LogP contribution < -0.4 is 9.46 Å². The van der Waals surface area contributed by atoms with E-state index in [1.54, 1.807) is 31.2 Å². The summed E-state index contributed by atoms with van der Waals surface area (Å²) in [4.78, 5) is 24.6. The zero-order valence-electron chi connectivity index (χ0n) is 17.1. The number of aryl methyl sites for hydroxylation is 1. The number of nitrogens with zero attached hydrogens (tertiary/aromatic N) is 3. The number of anilines is 1. The van der Waals surface area contributed by atoms with Crippen LogP contribution in [0.5, 0.6) is 5.88 Å². The lowest BCUT2D eigenvalue weighted by atomic mass is 9.99. The summed E-state index contributed by atoms with van der Waals surface area (Å²) in [5.41, 5.74) is 1.98. The molecule has 156 valence electrons. The number of ether oxygens (including phenoxy) is 1. The molecule has 1 aromatic carbocycles. The van der Waals surface area contributed by atoms with Gasteiger partial charge in [0.2, 0.25) is 5.82 Å². The number of hydrogen-bond donors (Lipinski definition) is 1. The predicted octanol–water partition coefficient (Wildman–Crippen LogP) is 3.50. The van der Waals surface area contributed by atoms with Crippen LogP contribution in [0.4, 0.5) is 5.82 Å². The number of carbonyl (C=O) groups excluding carboxylic acids is 1. The van der Waals surface area contributed by atoms with Crippen molar-refractivity contribution in [2.75, 3.05) is 11.8 Å². The zero-order chi connectivity index (χ0) is 21.9. The summed E-state index contributed by atoms with van der Waals surface area (Å²) in [5, 5.41) is 0. The van der Waals surface area contributed by atoms with Gasteiger partial charge in [0.25, 0.3) is 15.9 Å². The topological polar surface area (TPSA) is 111 Å². The molecule has 0 radical (unpaired) electrons. The second-order valence-corrected chi connectivity index (χ2v) is 8.57. The van der Waals surface area contributed by atoms with Gasteiger partial charge in [-0.2, -0.15) is 0 Å². The highest BCUT2D eigenvalue weighted by Crippen LogP contribution is 2.28. The van der Waals surface area contributed by atoms with E-state index in [1.165, 1.54) is 31.6 Å². The second-order valence-electron chi connectivity index (χ2n) is 6.92. The van der Waals surface area contributed by atoms with Gasteiger partial charge in [0.1, 0.15) is 4.90 Å². The number of aromatic nitrogens is 3. The molecule has 0 bridgehead atoms. The molecule has 0 spiro atoms. The Bertz CT molecular complexity index is 1180. The van der Waals surface area contributed by atoms with Gasteiger partial charge < -0.3 is 4.74 Å².